The van der Waals surface area contributed by atoms with E-state index in [4.69, 9.17) is 9.73 Å². The number of nitrogens with zero attached hydrogens (tertiary/aromatic N) is 1. The lowest BCUT2D eigenvalue weighted by Gasteiger charge is -1.99. The number of H-pyrrole nitrogens is 2. The van der Waals surface area contributed by atoms with Gasteiger partial charge in [-0.25, -0.2) is 4.99 Å². The maximum atomic E-state index is 5.51. The van der Waals surface area contributed by atoms with Gasteiger partial charge in [-0.1, -0.05) is 18.2 Å². The van der Waals surface area contributed by atoms with Gasteiger partial charge in [-0.2, -0.15) is 0 Å². The van der Waals surface area contributed by atoms with Gasteiger partial charge >= 0.3 is 0 Å². The fraction of sp³-hybridized carbons (Fsp3) is 0.105. The Balaban J connectivity index is 1.82. The average molecular weight is 303 g/mol. The first-order valence-electron chi connectivity index (χ1n) is 7.54. The molecule has 0 amide bonds. The minimum atomic E-state index is 0.807. The Bertz CT molecular complexity index is 1010. The summed E-state index contributed by atoms with van der Waals surface area (Å²) in [4.78, 5) is 11.3. The summed E-state index contributed by atoms with van der Waals surface area (Å²) in [5.74, 6) is 0.807. The van der Waals surface area contributed by atoms with E-state index >= 15 is 0 Å². The molecule has 0 aliphatic carbocycles. The molecule has 0 saturated carbocycles. The van der Waals surface area contributed by atoms with Gasteiger partial charge in [0, 0.05) is 17.5 Å². The summed E-state index contributed by atoms with van der Waals surface area (Å²) in [7, 11) is 1.68. The van der Waals surface area contributed by atoms with E-state index in [0.717, 1.165) is 33.9 Å². The molecular formula is C19H17N3O. The van der Waals surface area contributed by atoms with Crippen molar-refractivity contribution < 1.29 is 4.74 Å². The highest BCUT2D eigenvalue weighted by atomic mass is 16.5. The lowest BCUT2D eigenvalue weighted by molar-refractivity contribution is 0.414. The fourth-order valence-corrected chi connectivity index (χ4v) is 2.89. The molecule has 4 heteroatoms. The first-order chi connectivity index (χ1) is 11.3. The number of aromatic nitrogens is 2. The summed E-state index contributed by atoms with van der Waals surface area (Å²) in [5.41, 5.74) is 5.08. The van der Waals surface area contributed by atoms with E-state index in [9.17, 15) is 0 Å². The number of ether oxygens (including phenoxy) is 1. The maximum absolute atomic E-state index is 5.51. The molecule has 1 aromatic carbocycles. The molecule has 4 rings (SSSR count). The van der Waals surface area contributed by atoms with Crippen LogP contribution in [0.3, 0.4) is 0 Å². The van der Waals surface area contributed by atoms with E-state index in [1.807, 2.05) is 48.7 Å². The zero-order chi connectivity index (χ0) is 15.8. The molecule has 3 aromatic rings. The molecule has 0 atom stereocenters. The van der Waals surface area contributed by atoms with Crippen molar-refractivity contribution in [3.63, 3.8) is 0 Å². The van der Waals surface area contributed by atoms with Crippen LogP contribution >= 0.6 is 0 Å². The number of benzene rings is 1. The Kier molecular flexibility index (Phi) is 3.15. The van der Waals surface area contributed by atoms with Crippen LogP contribution in [0.15, 0.2) is 59.4 Å². The molecule has 0 spiro atoms. The number of hydrogen-bond acceptors (Lipinski definition) is 2. The quantitative estimate of drug-likeness (QED) is 0.768. The lowest BCUT2D eigenvalue weighted by atomic mass is 10.1. The third-order valence-corrected chi connectivity index (χ3v) is 4.13. The zero-order valence-electron chi connectivity index (χ0n) is 13.1. The summed E-state index contributed by atoms with van der Waals surface area (Å²) in [6.45, 7) is 2.10. The smallest absolute Gasteiger partial charge is 0.144 e. The molecule has 1 aliphatic heterocycles. The monoisotopic (exact) mass is 303 g/mol. The largest absolute Gasteiger partial charge is 0.494 e. The first-order valence-corrected chi connectivity index (χ1v) is 7.54. The molecule has 1 aliphatic rings. The van der Waals surface area contributed by atoms with Gasteiger partial charge in [-0.05, 0) is 36.8 Å². The molecule has 0 radical (unpaired) electrons. The van der Waals surface area contributed by atoms with Crippen LogP contribution in [0.4, 0.5) is 0 Å². The van der Waals surface area contributed by atoms with E-state index in [0.29, 0.717) is 0 Å². The van der Waals surface area contributed by atoms with Crippen LogP contribution in [0.5, 0.6) is 5.75 Å². The Hall–Kier alpha value is -3.01. The number of methoxy groups -OCH3 is 1. The van der Waals surface area contributed by atoms with Crippen LogP contribution in [0, 0.1) is 0 Å². The highest BCUT2D eigenvalue weighted by Crippen LogP contribution is 2.29. The van der Waals surface area contributed by atoms with Gasteiger partial charge in [0.2, 0.25) is 0 Å². The van der Waals surface area contributed by atoms with Crippen molar-refractivity contribution in [3.8, 4) is 17.1 Å². The molecule has 2 aromatic heterocycles. The summed E-state index contributed by atoms with van der Waals surface area (Å²) in [6.07, 6.45) is 3.95. The molecule has 23 heavy (non-hydrogen) atoms. The Morgan fingerprint density at radius 2 is 1.96 bits per heavy atom. The molecule has 0 unspecified atom stereocenters. The normalized spacial score (nSPS) is 14.9. The van der Waals surface area contributed by atoms with Crippen molar-refractivity contribution in [2.24, 2.45) is 4.99 Å². The first kappa shape index (κ1) is 13.6. The van der Waals surface area contributed by atoms with Gasteiger partial charge in [0.05, 0.1) is 35.2 Å². The van der Waals surface area contributed by atoms with Crippen LogP contribution in [0.2, 0.25) is 0 Å². The van der Waals surface area contributed by atoms with E-state index in [2.05, 4.69) is 23.0 Å². The summed E-state index contributed by atoms with van der Waals surface area (Å²) < 4.78 is 5.51. The molecule has 3 heterocycles. The number of nitrogens with one attached hydrogen (secondary N) is 2. The van der Waals surface area contributed by atoms with Gasteiger partial charge in [0.1, 0.15) is 5.75 Å². The third-order valence-electron chi connectivity index (χ3n) is 4.13. The summed E-state index contributed by atoms with van der Waals surface area (Å²) in [6, 6.07) is 14.2. The van der Waals surface area contributed by atoms with Crippen LogP contribution in [-0.2, 0) is 0 Å². The van der Waals surface area contributed by atoms with E-state index in [1.54, 1.807) is 7.11 Å². The van der Waals surface area contributed by atoms with Gasteiger partial charge < -0.3 is 14.7 Å². The van der Waals surface area contributed by atoms with Gasteiger partial charge in [-0.15, -0.1) is 0 Å². The molecule has 0 bridgehead atoms. The number of allylic oxidation sites excluding steroid dienone is 1. The third kappa shape index (κ3) is 2.28. The predicted octanol–water partition coefficient (Wildman–Crippen LogP) is 2.86. The van der Waals surface area contributed by atoms with E-state index in [-0.39, 0.29) is 0 Å². The highest BCUT2D eigenvalue weighted by molar-refractivity contribution is 5.76. The number of fused-ring (bicyclic) bond motifs is 1. The molecule has 4 nitrogen and oxygen atoms in total. The van der Waals surface area contributed by atoms with Crippen molar-refractivity contribution >= 4 is 11.6 Å². The number of para-hydroxylation sites is 1. The standard InChI is InChI=1S/C19H17N3O/c1-12-13-6-3-4-7-14(13)21-16(12)10-18-19(23-2)11-17(22-18)15-8-5-9-20-15/h3-11,20,22H,1-2H3/b16-10+. The summed E-state index contributed by atoms with van der Waals surface area (Å²) in [5, 5.41) is 2.21. The second-order valence-electron chi connectivity index (χ2n) is 5.53. The molecule has 0 saturated heterocycles. The second-order valence-corrected chi connectivity index (χ2v) is 5.53. The Labute approximate surface area is 133 Å². The van der Waals surface area contributed by atoms with E-state index in [1.165, 1.54) is 10.8 Å². The zero-order valence-corrected chi connectivity index (χ0v) is 13.1. The maximum Gasteiger partial charge on any atom is 0.144 e. The van der Waals surface area contributed by atoms with Crippen LogP contribution in [-0.4, -0.2) is 17.1 Å². The highest BCUT2D eigenvalue weighted by Gasteiger charge is 2.13. The number of hydrogen-bond donors (Lipinski definition) is 2. The van der Waals surface area contributed by atoms with Crippen molar-refractivity contribution in [1.82, 2.24) is 9.97 Å². The van der Waals surface area contributed by atoms with Crippen LogP contribution in [0.1, 0.15) is 12.6 Å². The van der Waals surface area contributed by atoms with Crippen molar-refractivity contribution in [2.45, 2.75) is 6.92 Å². The minimum absolute atomic E-state index is 0.807. The second kappa shape index (κ2) is 5.32. The van der Waals surface area contributed by atoms with Crippen LogP contribution < -0.4 is 15.3 Å². The Morgan fingerprint density at radius 3 is 2.70 bits per heavy atom. The average Bonchev–Trinajstić information content (AvgIpc) is 3.28. The van der Waals surface area contributed by atoms with Gasteiger partial charge in [0.25, 0.3) is 0 Å². The minimum Gasteiger partial charge on any atom is -0.494 e. The Morgan fingerprint density at radius 1 is 1.09 bits per heavy atom. The molecule has 114 valence electrons. The van der Waals surface area contributed by atoms with Gasteiger partial charge in [0.15, 0.2) is 0 Å². The van der Waals surface area contributed by atoms with E-state index < -0.39 is 0 Å². The lowest BCUT2D eigenvalue weighted by Crippen LogP contribution is -2.21. The topological polar surface area (TPSA) is 53.2 Å². The van der Waals surface area contributed by atoms with Crippen molar-refractivity contribution in [1.29, 1.82) is 0 Å². The van der Waals surface area contributed by atoms with Gasteiger partial charge in [-0.3, -0.25) is 0 Å². The SMILES string of the molecule is COc1cc(-c2ccc[nH]2)[nH]c1/C=C1/N=c2ccccc2=C1C. The summed E-state index contributed by atoms with van der Waals surface area (Å²) >= 11 is 0. The van der Waals surface area contributed by atoms with Crippen molar-refractivity contribution in [3.05, 3.63) is 70.6 Å². The molecule has 2 N–H and O–H groups in total. The number of aromatic amines is 2. The number of rotatable bonds is 3. The fourth-order valence-electron chi connectivity index (χ4n) is 2.89. The molecule has 0 fully saturated rings. The van der Waals surface area contributed by atoms with Crippen molar-refractivity contribution in [2.75, 3.05) is 7.11 Å². The predicted molar refractivity (Wildman–Crippen MR) is 91.4 cm³/mol. The molecular weight excluding hydrogens is 286 g/mol. The van der Waals surface area contributed by atoms with Crippen LogP contribution in [0.25, 0.3) is 23.0 Å².